The number of nitrogens with one attached hydrogen (secondary N) is 1. The second kappa shape index (κ2) is 8.32. The van der Waals surface area contributed by atoms with Crippen molar-refractivity contribution in [3.63, 3.8) is 0 Å². The number of hydrogen-bond acceptors (Lipinski definition) is 5. The Morgan fingerprint density at radius 3 is 2.72 bits per heavy atom. The zero-order valence-corrected chi connectivity index (χ0v) is 16.7. The van der Waals surface area contributed by atoms with Gasteiger partial charge in [0.1, 0.15) is 11.6 Å². The van der Waals surface area contributed by atoms with Crippen LogP contribution in [0.15, 0.2) is 29.1 Å². The van der Waals surface area contributed by atoms with Gasteiger partial charge in [-0.1, -0.05) is 26.0 Å². The minimum Gasteiger partial charge on any atom is -0.501 e. The van der Waals surface area contributed by atoms with Crippen LogP contribution in [0.3, 0.4) is 0 Å². The molecule has 1 fully saturated rings. The van der Waals surface area contributed by atoms with Crippen molar-refractivity contribution in [3.05, 3.63) is 57.5 Å². The molecule has 1 aliphatic carbocycles. The summed E-state index contributed by atoms with van der Waals surface area (Å²) in [5.41, 5.74) is 5.49. The molecule has 2 bridgehead atoms. The maximum absolute atomic E-state index is 13.0. The monoisotopic (exact) mass is 402 g/mol. The largest absolute Gasteiger partial charge is 0.501 e. The number of benzene rings is 1. The molecule has 2 aromatic rings. The molecule has 1 aromatic carbocycles. The molecule has 29 heavy (non-hydrogen) atoms. The van der Waals surface area contributed by atoms with Crippen LogP contribution in [0.25, 0.3) is 0 Å². The number of nitrogens with two attached hydrogens (primary N) is 1. The van der Waals surface area contributed by atoms with E-state index in [4.69, 9.17) is 5.73 Å². The first-order valence-electron chi connectivity index (χ1n) is 10.0. The Hall–Kier alpha value is -2.74. The summed E-state index contributed by atoms with van der Waals surface area (Å²) >= 11 is 0. The van der Waals surface area contributed by atoms with Crippen molar-refractivity contribution in [2.75, 3.05) is 0 Å². The molecule has 2 unspecified atom stereocenters. The maximum atomic E-state index is 13.0. The summed E-state index contributed by atoms with van der Waals surface area (Å²) in [6, 6.07) is 5.67. The summed E-state index contributed by atoms with van der Waals surface area (Å²) in [4.78, 5) is 29.5. The maximum Gasteiger partial charge on any atom is 0.296 e. The van der Waals surface area contributed by atoms with Gasteiger partial charge in [0.25, 0.3) is 11.5 Å². The normalized spacial score (nSPS) is 22.1. The average molecular weight is 402 g/mol. The van der Waals surface area contributed by atoms with Gasteiger partial charge in [-0.05, 0) is 49.3 Å². The average Bonchev–Trinajstić information content (AvgIpc) is 3.04. The van der Waals surface area contributed by atoms with Crippen LogP contribution in [-0.2, 0) is 18.6 Å². The topological polar surface area (TPSA) is 110 Å². The predicted molar refractivity (Wildman–Crippen MR) is 107 cm³/mol. The highest BCUT2D eigenvalue weighted by Crippen LogP contribution is 2.43. The Bertz CT molecular complexity index is 958. The van der Waals surface area contributed by atoms with Crippen molar-refractivity contribution in [2.45, 2.75) is 58.2 Å². The summed E-state index contributed by atoms with van der Waals surface area (Å²) in [6.45, 7) is 4.56. The molecule has 1 aromatic heterocycles. The molecule has 2 heterocycles. The Kier molecular flexibility index (Phi) is 6.02. The summed E-state index contributed by atoms with van der Waals surface area (Å²) in [6.07, 6.45) is 3.20. The number of nitrogens with zero attached hydrogens (tertiary/aromatic N) is 2. The first kappa shape index (κ1) is 21.0. The van der Waals surface area contributed by atoms with Gasteiger partial charge < -0.3 is 16.2 Å². The van der Waals surface area contributed by atoms with Crippen molar-refractivity contribution in [3.8, 4) is 5.75 Å². The molecule has 1 aliphatic heterocycles. The van der Waals surface area contributed by atoms with Gasteiger partial charge in [0.05, 0.1) is 5.54 Å². The third-order valence-electron chi connectivity index (χ3n) is 5.58. The number of aromatic hydroxyl groups is 1. The lowest BCUT2D eigenvalue weighted by Crippen LogP contribution is -2.42. The number of rotatable bonds is 3. The van der Waals surface area contributed by atoms with Crippen molar-refractivity contribution in [1.82, 2.24) is 14.9 Å². The third-order valence-corrected chi connectivity index (χ3v) is 5.58. The van der Waals surface area contributed by atoms with Crippen LogP contribution in [-0.4, -0.2) is 20.6 Å². The van der Waals surface area contributed by atoms with E-state index in [9.17, 15) is 19.1 Å². The third kappa shape index (κ3) is 4.03. The van der Waals surface area contributed by atoms with E-state index in [2.05, 4.69) is 10.3 Å². The highest BCUT2D eigenvalue weighted by atomic mass is 19.1. The van der Waals surface area contributed by atoms with Crippen molar-refractivity contribution in [1.29, 1.82) is 0 Å². The van der Waals surface area contributed by atoms with E-state index in [1.807, 2.05) is 13.8 Å². The molecule has 4 rings (SSSR count). The molecule has 0 saturated heterocycles. The van der Waals surface area contributed by atoms with Crippen LogP contribution in [0.1, 0.15) is 61.4 Å². The fourth-order valence-corrected chi connectivity index (χ4v) is 4.10. The Labute approximate surface area is 168 Å². The quantitative estimate of drug-likeness (QED) is 0.730. The highest BCUT2D eigenvalue weighted by Gasteiger charge is 2.43. The van der Waals surface area contributed by atoms with Gasteiger partial charge in [-0.15, -0.1) is 0 Å². The van der Waals surface area contributed by atoms with Crippen LogP contribution in [0, 0.1) is 11.7 Å². The summed E-state index contributed by atoms with van der Waals surface area (Å²) in [5, 5.41) is 12.9. The molecule has 4 N–H and O–H groups in total. The van der Waals surface area contributed by atoms with Crippen LogP contribution in [0.4, 0.5) is 4.39 Å². The predicted octanol–water partition coefficient (Wildman–Crippen LogP) is 2.40. The fraction of sp³-hybridized carbons (Fsp3) is 0.476. The van der Waals surface area contributed by atoms with Gasteiger partial charge in [0, 0.05) is 13.1 Å². The lowest BCUT2D eigenvalue weighted by atomic mass is 9.96. The Morgan fingerprint density at radius 1 is 1.34 bits per heavy atom. The summed E-state index contributed by atoms with van der Waals surface area (Å²) < 4.78 is 14.4. The number of fused-ring (bicyclic) bond motifs is 4. The van der Waals surface area contributed by atoms with E-state index < -0.39 is 22.8 Å². The van der Waals surface area contributed by atoms with Crippen LogP contribution < -0.4 is 16.6 Å². The first-order valence-corrected chi connectivity index (χ1v) is 10.0. The number of hydrogen-bond donors (Lipinski definition) is 3. The Morgan fingerprint density at radius 2 is 2.03 bits per heavy atom. The molecule has 1 amide bonds. The second-order valence-corrected chi connectivity index (χ2v) is 7.45. The number of carbonyl (C=O) groups is 1. The van der Waals surface area contributed by atoms with Gasteiger partial charge in [0.2, 0.25) is 5.75 Å². The molecular formula is C21H27FN4O3. The summed E-state index contributed by atoms with van der Waals surface area (Å²) in [5.74, 6) is -0.908. The van der Waals surface area contributed by atoms with Crippen molar-refractivity contribution in [2.24, 2.45) is 11.7 Å². The van der Waals surface area contributed by atoms with Gasteiger partial charge in [-0.25, -0.2) is 9.37 Å². The molecule has 8 heteroatoms. The lowest BCUT2D eigenvalue weighted by molar-refractivity contribution is 0.0941. The van der Waals surface area contributed by atoms with Crippen molar-refractivity contribution >= 4 is 5.91 Å². The zero-order chi connectivity index (χ0) is 21.2. The smallest absolute Gasteiger partial charge is 0.296 e. The van der Waals surface area contributed by atoms with Crippen LogP contribution in [0.5, 0.6) is 5.75 Å². The first-order chi connectivity index (χ1) is 13.9. The van der Waals surface area contributed by atoms with E-state index in [0.29, 0.717) is 30.3 Å². The molecule has 2 aliphatic rings. The fourth-order valence-electron chi connectivity index (χ4n) is 4.10. The number of amides is 1. The number of halogens is 1. The van der Waals surface area contributed by atoms with Crippen LogP contribution >= 0.6 is 0 Å². The number of carbonyl (C=O) groups excluding carboxylic acids is 1. The highest BCUT2D eigenvalue weighted by molar-refractivity contribution is 5.94. The molecule has 0 radical (unpaired) electrons. The Balaban J connectivity index is 0.00000117. The summed E-state index contributed by atoms with van der Waals surface area (Å²) in [7, 11) is 0. The second-order valence-electron chi connectivity index (χ2n) is 7.45. The minimum absolute atomic E-state index is 0.120. The van der Waals surface area contributed by atoms with Gasteiger partial charge in [-0.2, -0.15) is 0 Å². The van der Waals surface area contributed by atoms with Crippen LogP contribution in [0.2, 0.25) is 0 Å². The molecular weight excluding hydrogens is 375 g/mol. The molecule has 2 atom stereocenters. The molecule has 1 saturated carbocycles. The SMILES string of the molecule is CC.NC12CCC(CCn3c1nc(C(=O)NCc1ccc(F)cc1)c(O)c3=O)C2. The van der Waals surface area contributed by atoms with E-state index >= 15 is 0 Å². The molecule has 7 nitrogen and oxygen atoms in total. The molecule has 156 valence electrons. The van der Waals surface area contributed by atoms with Crippen molar-refractivity contribution < 1.29 is 14.3 Å². The lowest BCUT2D eigenvalue weighted by Gasteiger charge is -2.25. The standard InChI is InChI=1S/C19H21FN4O3.C2H6/c20-13-3-1-12(2-4-13)10-22-16(26)14-15(25)17(27)24-8-6-11-5-7-19(21,9-11)18(24)23-14;1-2/h1-4,11,25H,5-10,21H2,(H,22,26);1-2H3. The van der Waals surface area contributed by atoms with Gasteiger partial charge in [0.15, 0.2) is 5.69 Å². The number of aromatic nitrogens is 2. The van der Waals surface area contributed by atoms with Gasteiger partial charge >= 0.3 is 0 Å². The zero-order valence-electron chi connectivity index (χ0n) is 16.7. The van der Waals surface area contributed by atoms with E-state index in [0.717, 1.165) is 19.3 Å². The van der Waals surface area contributed by atoms with E-state index in [-0.39, 0.29) is 18.1 Å². The minimum atomic E-state index is -0.750. The van der Waals surface area contributed by atoms with E-state index in [1.54, 1.807) is 12.1 Å². The van der Waals surface area contributed by atoms with Gasteiger partial charge in [-0.3, -0.25) is 14.2 Å². The van der Waals surface area contributed by atoms with E-state index in [1.165, 1.54) is 16.7 Å². The molecule has 0 spiro atoms.